The van der Waals surface area contributed by atoms with Crippen LogP contribution in [0.2, 0.25) is 0 Å². The van der Waals surface area contributed by atoms with E-state index in [2.05, 4.69) is 20.4 Å². The van der Waals surface area contributed by atoms with E-state index in [0.29, 0.717) is 17.6 Å². The number of aromatic nitrogens is 3. The molecule has 1 N–H and O–H groups in total. The molecule has 1 unspecified atom stereocenters. The van der Waals surface area contributed by atoms with Gasteiger partial charge in [0.05, 0.1) is 0 Å². The van der Waals surface area contributed by atoms with Crippen LogP contribution in [0.5, 0.6) is 0 Å². The van der Waals surface area contributed by atoms with Crippen molar-refractivity contribution in [3.63, 3.8) is 0 Å². The van der Waals surface area contributed by atoms with Gasteiger partial charge in [0.25, 0.3) is 0 Å². The Morgan fingerprint density at radius 1 is 1.24 bits per heavy atom. The number of pyridine rings is 1. The molecule has 1 atom stereocenters. The van der Waals surface area contributed by atoms with E-state index >= 15 is 0 Å². The Morgan fingerprint density at radius 3 is 2.80 bits per heavy atom. The summed E-state index contributed by atoms with van der Waals surface area (Å²) < 4.78 is 5.31. The average Bonchev–Trinajstić information content (AvgIpc) is 3.39. The third kappa shape index (κ3) is 3.42. The highest BCUT2D eigenvalue weighted by molar-refractivity contribution is 5.94. The fraction of sp³-hybridized carbons (Fsp3) is 0.263. The van der Waals surface area contributed by atoms with E-state index < -0.39 is 5.92 Å². The molecule has 1 amide bonds. The van der Waals surface area contributed by atoms with Crippen LogP contribution < -0.4 is 5.32 Å². The Labute approximate surface area is 145 Å². The van der Waals surface area contributed by atoms with Gasteiger partial charge in [0.2, 0.25) is 17.6 Å². The third-order valence-corrected chi connectivity index (χ3v) is 4.28. The van der Waals surface area contributed by atoms with Gasteiger partial charge in [-0.2, -0.15) is 4.98 Å². The summed E-state index contributed by atoms with van der Waals surface area (Å²) in [5.74, 6) is 0.620. The van der Waals surface area contributed by atoms with Crippen molar-refractivity contribution in [2.45, 2.75) is 31.6 Å². The number of hydrogen-bond acceptors (Lipinski definition) is 5. The van der Waals surface area contributed by atoms with Gasteiger partial charge in [-0.05, 0) is 44.0 Å². The predicted molar refractivity (Wildman–Crippen MR) is 93.0 cm³/mol. The van der Waals surface area contributed by atoms with E-state index in [-0.39, 0.29) is 5.91 Å². The number of carbonyl (C=O) groups excluding carboxylic acids is 1. The predicted octanol–water partition coefficient (Wildman–Crippen LogP) is 3.75. The molecule has 0 bridgehead atoms. The molecule has 2 heterocycles. The smallest absolute Gasteiger partial charge is 0.239 e. The van der Waals surface area contributed by atoms with Gasteiger partial charge in [0, 0.05) is 29.1 Å². The minimum atomic E-state index is -0.536. The van der Waals surface area contributed by atoms with Crippen molar-refractivity contribution in [1.82, 2.24) is 15.1 Å². The molecule has 0 radical (unpaired) electrons. The third-order valence-electron chi connectivity index (χ3n) is 4.28. The van der Waals surface area contributed by atoms with E-state index in [1.165, 1.54) is 12.8 Å². The number of rotatable bonds is 5. The highest BCUT2D eigenvalue weighted by Gasteiger charge is 2.26. The lowest BCUT2D eigenvalue weighted by molar-refractivity contribution is -0.117. The van der Waals surface area contributed by atoms with Crippen molar-refractivity contribution in [2.24, 2.45) is 0 Å². The molecule has 1 fully saturated rings. The number of carbonyl (C=O) groups is 1. The van der Waals surface area contributed by atoms with Gasteiger partial charge in [0.1, 0.15) is 5.92 Å². The molecular formula is C19H18N4O2. The van der Waals surface area contributed by atoms with Crippen LogP contribution in [0.15, 0.2) is 53.2 Å². The van der Waals surface area contributed by atoms with E-state index in [9.17, 15) is 4.79 Å². The molecule has 1 aliphatic rings. The fourth-order valence-corrected chi connectivity index (χ4v) is 2.60. The Balaban J connectivity index is 1.50. The van der Waals surface area contributed by atoms with Gasteiger partial charge < -0.3 is 9.84 Å². The zero-order valence-corrected chi connectivity index (χ0v) is 13.8. The number of amides is 1. The maximum absolute atomic E-state index is 12.4. The molecule has 1 saturated carbocycles. The van der Waals surface area contributed by atoms with Crippen LogP contribution in [0.1, 0.15) is 43.2 Å². The van der Waals surface area contributed by atoms with Crippen molar-refractivity contribution in [3.05, 3.63) is 60.2 Å². The summed E-state index contributed by atoms with van der Waals surface area (Å²) in [5, 5.41) is 6.87. The summed E-state index contributed by atoms with van der Waals surface area (Å²) in [4.78, 5) is 21.2. The lowest BCUT2D eigenvalue weighted by Gasteiger charge is -2.08. The number of benzene rings is 1. The fourth-order valence-electron chi connectivity index (χ4n) is 2.60. The van der Waals surface area contributed by atoms with Crippen LogP contribution in [0, 0.1) is 0 Å². The first-order chi connectivity index (χ1) is 12.2. The summed E-state index contributed by atoms with van der Waals surface area (Å²) in [5.41, 5.74) is 2.67. The summed E-state index contributed by atoms with van der Waals surface area (Å²) in [6.45, 7) is 1.75. The highest BCUT2D eigenvalue weighted by Crippen LogP contribution is 2.39. The topological polar surface area (TPSA) is 80.9 Å². The first kappa shape index (κ1) is 15.5. The highest BCUT2D eigenvalue weighted by atomic mass is 16.5. The van der Waals surface area contributed by atoms with Crippen molar-refractivity contribution in [2.75, 3.05) is 5.32 Å². The first-order valence-corrected chi connectivity index (χ1v) is 8.36. The number of nitrogens with one attached hydrogen (secondary N) is 1. The van der Waals surface area contributed by atoms with Gasteiger partial charge in [-0.3, -0.25) is 9.78 Å². The lowest BCUT2D eigenvalue weighted by Crippen LogP contribution is -2.19. The van der Waals surface area contributed by atoms with Crippen molar-refractivity contribution in [3.8, 4) is 11.4 Å². The van der Waals surface area contributed by atoms with Crippen LogP contribution in [-0.4, -0.2) is 21.0 Å². The molecule has 25 heavy (non-hydrogen) atoms. The molecular weight excluding hydrogens is 316 g/mol. The minimum Gasteiger partial charge on any atom is -0.338 e. The molecule has 0 spiro atoms. The van der Waals surface area contributed by atoms with Gasteiger partial charge in [0.15, 0.2) is 0 Å². The van der Waals surface area contributed by atoms with Crippen LogP contribution in [0.25, 0.3) is 11.4 Å². The normalized spacial score (nSPS) is 14.9. The number of anilines is 1. The molecule has 1 aromatic carbocycles. The van der Waals surface area contributed by atoms with E-state index in [1.54, 1.807) is 13.1 Å². The van der Waals surface area contributed by atoms with Crippen LogP contribution in [-0.2, 0) is 4.79 Å². The maximum atomic E-state index is 12.4. The monoisotopic (exact) mass is 334 g/mol. The summed E-state index contributed by atoms with van der Waals surface area (Å²) in [6.07, 6.45) is 4.14. The van der Waals surface area contributed by atoms with Crippen molar-refractivity contribution in [1.29, 1.82) is 0 Å². The lowest BCUT2D eigenvalue weighted by atomic mass is 10.1. The summed E-state index contributed by atoms with van der Waals surface area (Å²) >= 11 is 0. The molecule has 6 heteroatoms. The summed E-state index contributed by atoms with van der Waals surface area (Å²) in [6, 6.07) is 13.2. The van der Waals surface area contributed by atoms with Crippen LogP contribution in [0.4, 0.5) is 5.69 Å². The second-order valence-electron chi connectivity index (χ2n) is 6.28. The molecule has 6 nitrogen and oxygen atoms in total. The molecule has 0 aliphatic heterocycles. The van der Waals surface area contributed by atoms with Gasteiger partial charge >= 0.3 is 0 Å². The average molecular weight is 334 g/mol. The van der Waals surface area contributed by atoms with Crippen LogP contribution in [0.3, 0.4) is 0 Å². The Hall–Kier alpha value is -3.02. The molecule has 126 valence electrons. The largest absolute Gasteiger partial charge is 0.338 e. The number of nitrogens with zero attached hydrogens (tertiary/aromatic N) is 3. The number of para-hydroxylation sites is 1. The van der Waals surface area contributed by atoms with E-state index in [1.807, 2.05) is 42.5 Å². The van der Waals surface area contributed by atoms with E-state index in [4.69, 9.17) is 4.52 Å². The second-order valence-corrected chi connectivity index (χ2v) is 6.28. The zero-order chi connectivity index (χ0) is 17.2. The van der Waals surface area contributed by atoms with Crippen molar-refractivity contribution < 1.29 is 9.32 Å². The number of hydrogen-bond donors (Lipinski definition) is 1. The zero-order valence-electron chi connectivity index (χ0n) is 13.8. The first-order valence-electron chi connectivity index (χ1n) is 8.36. The van der Waals surface area contributed by atoms with Gasteiger partial charge in [-0.25, -0.2) is 0 Å². The SMILES string of the molecule is CC(C(=O)Nc1ccccc1)c1nc(-c2ccnc(C3CC3)c2)no1. The molecule has 4 rings (SSSR count). The Bertz CT molecular complexity index is 887. The van der Waals surface area contributed by atoms with Crippen molar-refractivity contribution >= 4 is 11.6 Å². The molecule has 1 aliphatic carbocycles. The van der Waals surface area contributed by atoms with Gasteiger partial charge in [-0.1, -0.05) is 23.4 Å². The molecule has 2 aromatic heterocycles. The molecule has 0 saturated heterocycles. The standard InChI is InChI=1S/C19H18N4O2/c1-12(18(24)21-15-5-3-2-4-6-15)19-22-17(23-25-19)14-9-10-20-16(11-14)13-7-8-13/h2-6,9-13H,7-8H2,1H3,(H,21,24). The Morgan fingerprint density at radius 2 is 2.04 bits per heavy atom. The van der Waals surface area contributed by atoms with Gasteiger partial charge in [-0.15, -0.1) is 0 Å². The van der Waals surface area contributed by atoms with Crippen LogP contribution >= 0.6 is 0 Å². The molecule has 3 aromatic rings. The quantitative estimate of drug-likeness (QED) is 0.768. The van der Waals surface area contributed by atoms with E-state index in [0.717, 1.165) is 16.9 Å². The summed E-state index contributed by atoms with van der Waals surface area (Å²) in [7, 11) is 0. The Kier molecular flexibility index (Phi) is 4.01. The minimum absolute atomic E-state index is 0.185. The maximum Gasteiger partial charge on any atom is 0.239 e. The second kappa shape index (κ2) is 6.47.